The molecule has 0 saturated carbocycles. The lowest BCUT2D eigenvalue weighted by Crippen LogP contribution is -2.46. The summed E-state index contributed by atoms with van der Waals surface area (Å²) in [4.78, 5) is 18.5. The topological polar surface area (TPSA) is 64.2 Å². The van der Waals surface area contributed by atoms with E-state index in [2.05, 4.69) is 30.3 Å². The zero-order valence-corrected chi connectivity index (χ0v) is 12.0. The van der Waals surface area contributed by atoms with Crippen LogP contribution in [0.5, 0.6) is 0 Å². The third-order valence-electron chi connectivity index (χ3n) is 3.87. The molecule has 1 saturated heterocycles. The average molecular weight is 264 g/mol. The minimum absolute atomic E-state index is 0.0177. The lowest BCUT2D eigenvalue weighted by molar-refractivity contribution is -0.135. The maximum absolute atomic E-state index is 12.3. The van der Waals surface area contributed by atoms with Crippen molar-refractivity contribution in [2.24, 2.45) is 5.73 Å². The second-order valence-electron chi connectivity index (χ2n) is 5.50. The molecule has 5 nitrogen and oxygen atoms in total. The van der Waals surface area contributed by atoms with Crippen LogP contribution >= 0.6 is 0 Å². The van der Waals surface area contributed by atoms with Gasteiger partial charge in [0.1, 0.15) is 0 Å². The second-order valence-corrected chi connectivity index (χ2v) is 5.50. The molecule has 1 amide bonds. The Morgan fingerprint density at radius 1 is 1.53 bits per heavy atom. The Bertz CT molecular complexity index is 440. The van der Waals surface area contributed by atoms with Gasteiger partial charge in [-0.1, -0.05) is 0 Å². The van der Waals surface area contributed by atoms with Crippen LogP contribution in [-0.4, -0.2) is 32.4 Å². The molecule has 2 N–H and O–H groups in total. The molecule has 0 spiro atoms. The van der Waals surface area contributed by atoms with Crippen molar-refractivity contribution in [1.82, 2.24) is 14.5 Å². The van der Waals surface area contributed by atoms with Crippen LogP contribution in [0.2, 0.25) is 0 Å². The van der Waals surface area contributed by atoms with Gasteiger partial charge in [0.2, 0.25) is 5.91 Å². The Morgan fingerprint density at radius 3 is 2.89 bits per heavy atom. The molecule has 0 aliphatic carbocycles. The van der Waals surface area contributed by atoms with Crippen LogP contribution in [0.1, 0.15) is 51.8 Å². The van der Waals surface area contributed by atoms with Crippen molar-refractivity contribution in [2.45, 2.75) is 64.7 Å². The van der Waals surface area contributed by atoms with E-state index in [0.717, 1.165) is 25.1 Å². The number of hydrogen-bond acceptors (Lipinski definition) is 3. The molecule has 0 aromatic carbocycles. The van der Waals surface area contributed by atoms with Gasteiger partial charge in [0.15, 0.2) is 0 Å². The van der Waals surface area contributed by atoms with Gasteiger partial charge in [-0.3, -0.25) is 4.79 Å². The van der Waals surface area contributed by atoms with Gasteiger partial charge in [0, 0.05) is 25.0 Å². The van der Waals surface area contributed by atoms with Gasteiger partial charge in [-0.05, 0) is 33.6 Å². The fraction of sp³-hybridized carbons (Fsp3) is 0.714. The molecule has 19 heavy (non-hydrogen) atoms. The number of carbonyl (C=O) groups excluding carboxylic acids is 1. The molecule has 2 heterocycles. The number of carbonyl (C=O) groups is 1. The first-order valence-electron chi connectivity index (χ1n) is 7.13. The van der Waals surface area contributed by atoms with Crippen LogP contribution in [0.4, 0.5) is 0 Å². The van der Waals surface area contributed by atoms with Crippen molar-refractivity contribution in [1.29, 1.82) is 0 Å². The summed E-state index contributed by atoms with van der Waals surface area (Å²) in [5.74, 6) is 0.205. The third kappa shape index (κ3) is 2.66. The third-order valence-corrected chi connectivity index (χ3v) is 3.87. The SMILES string of the molecule is CCn1cncc1C1C(N)CCCC(=O)N1C(C)C. The molecule has 2 atom stereocenters. The van der Waals surface area contributed by atoms with E-state index in [-0.39, 0.29) is 24.0 Å². The maximum Gasteiger partial charge on any atom is 0.223 e. The van der Waals surface area contributed by atoms with E-state index in [1.807, 2.05) is 17.4 Å². The standard InChI is InChI=1S/C14H24N4O/c1-4-17-9-16-8-12(17)14-11(15)6-5-7-13(19)18(14)10(2)3/h8-11,14H,4-7,15H2,1-3H3. The van der Waals surface area contributed by atoms with Crippen LogP contribution < -0.4 is 5.73 Å². The molecular formula is C14H24N4O. The Morgan fingerprint density at radius 2 is 2.26 bits per heavy atom. The Kier molecular flexibility index (Phi) is 4.24. The van der Waals surface area contributed by atoms with Crippen molar-refractivity contribution in [3.05, 3.63) is 18.2 Å². The van der Waals surface area contributed by atoms with Crippen LogP contribution in [0, 0.1) is 0 Å². The first kappa shape index (κ1) is 14.1. The van der Waals surface area contributed by atoms with E-state index in [1.165, 1.54) is 0 Å². The van der Waals surface area contributed by atoms with Crippen molar-refractivity contribution < 1.29 is 4.79 Å². The highest BCUT2D eigenvalue weighted by Gasteiger charge is 2.35. The molecule has 1 aliphatic rings. The average Bonchev–Trinajstić information content (AvgIpc) is 2.76. The van der Waals surface area contributed by atoms with Crippen molar-refractivity contribution in [3.63, 3.8) is 0 Å². The molecular weight excluding hydrogens is 240 g/mol. The monoisotopic (exact) mass is 264 g/mol. The van der Waals surface area contributed by atoms with E-state index in [1.54, 1.807) is 0 Å². The van der Waals surface area contributed by atoms with Gasteiger partial charge >= 0.3 is 0 Å². The highest BCUT2D eigenvalue weighted by atomic mass is 16.2. The normalized spacial score (nSPS) is 24.9. The number of hydrogen-bond donors (Lipinski definition) is 1. The summed E-state index contributed by atoms with van der Waals surface area (Å²) < 4.78 is 2.08. The largest absolute Gasteiger partial charge is 0.333 e. The first-order valence-corrected chi connectivity index (χ1v) is 7.13. The molecule has 0 bridgehead atoms. The Hall–Kier alpha value is -1.36. The minimum atomic E-state index is -0.0579. The van der Waals surface area contributed by atoms with Gasteiger partial charge in [0.25, 0.3) is 0 Å². The van der Waals surface area contributed by atoms with E-state index < -0.39 is 0 Å². The summed E-state index contributed by atoms with van der Waals surface area (Å²) in [6.45, 7) is 7.03. The van der Waals surface area contributed by atoms with Gasteiger partial charge in [0.05, 0.1) is 24.3 Å². The lowest BCUT2D eigenvalue weighted by atomic mass is 10.0. The number of nitrogens with two attached hydrogens (primary N) is 1. The minimum Gasteiger partial charge on any atom is -0.333 e. The van der Waals surface area contributed by atoms with Gasteiger partial charge in [-0.25, -0.2) is 4.98 Å². The fourth-order valence-electron chi connectivity index (χ4n) is 2.95. The Labute approximate surface area is 114 Å². The number of nitrogens with zero attached hydrogens (tertiary/aromatic N) is 3. The smallest absolute Gasteiger partial charge is 0.223 e. The predicted octanol–water partition coefficient (Wildman–Crippen LogP) is 1.69. The van der Waals surface area contributed by atoms with Crippen LogP contribution in [0.3, 0.4) is 0 Å². The maximum atomic E-state index is 12.3. The lowest BCUT2D eigenvalue weighted by Gasteiger charge is -2.36. The summed E-state index contributed by atoms with van der Waals surface area (Å²) in [7, 11) is 0. The number of rotatable bonds is 3. The van der Waals surface area contributed by atoms with Crippen molar-refractivity contribution >= 4 is 5.91 Å². The molecule has 106 valence electrons. The first-order chi connectivity index (χ1) is 9.06. The number of imidazole rings is 1. The number of aromatic nitrogens is 2. The van der Waals surface area contributed by atoms with Gasteiger partial charge in [-0.15, -0.1) is 0 Å². The number of aryl methyl sites for hydroxylation is 1. The van der Waals surface area contributed by atoms with E-state index in [9.17, 15) is 4.79 Å². The quantitative estimate of drug-likeness (QED) is 0.903. The molecule has 1 fully saturated rings. The van der Waals surface area contributed by atoms with E-state index in [4.69, 9.17) is 5.73 Å². The van der Waals surface area contributed by atoms with E-state index in [0.29, 0.717) is 6.42 Å². The molecule has 0 radical (unpaired) electrons. The molecule has 2 rings (SSSR count). The summed E-state index contributed by atoms with van der Waals surface area (Å²) in [6.07, 6.45) is 6.02. The second kappa shape index (κ2) is 5.74. The number of amides is 1. The molecule has 2 unspecified atom stereocenters. The van der Waals surface area contributed by atoms with Crippen LogP contribution in [0.25, 0.3) is 0 Å². The fourth-order valence-corrected chi connectivity index (χ4v) is 2.95. The molecule has 5 heteroatoms. The summed E-state index contributed by atoms with van der Waals surface area (Å²) >= 11 is 0. The number of likely N-dealkylation sites (tertiary alicyclic amines) is 1. The molecule has 1 aliphatic heterocycles. The summed E-state index contributed by atoms with van der Waals surface area (Å²) in [5.41, 5.74) is 7.40. The molecule has 1 aromatic rings. The summed E-state index contributed by atoms with van der Waals surface area (Å²) in [6, 6.07) is 0.0788. The van der Waals surface area contributed by atoms with Gasteiger partial charge < -0.3 is 15.2 Å². The summed E-state index contributed by atoms with van der Waals surface area (Å²) in [5, 5.41) is 0. The van der Waals surface area contributed by atoms with Crippen LogP contribution in [-0.2, 0) is 11.3 Å². The Balaban J connectivity index is 2.43. The molecule has 1 aromatic heterocycles. The zero-order valence-electron chi connectivity index (χ0n) is 12.0. The predicted molar refractivity (Wildman–Crippen MR) is 74.5 cm³/mol. The van der Waals surface area contributed by atoms with Crippen molar-refractivity contribution in [3.8, 4) is 0 Å². The zero-order chi connectivity index (χ0) is 14.0. The van der Waals surface area contributed by atoms with Gasteiger partial charge in [-0.2, -0.15) is 0 Å². The van der Waals surface area contributed by atoms with E-state index >= 15 is 0 Å². The van der Waals surface area contributed by atoms with Crippen LogP contribution in [0.15, 0.2) is 12.5 Å². The van der Waals surface area contributed by atoms with Crippen molar-refractivity contribution in [2.75, 3.05) is 0 Å². The highest BCUT2D eigenvalue weighted by molar-refractivity contribution is 5.77. The highest BCUT2D eigenvalue weighted by Crippen LogP contribution is 2.31.